The fourth-order valence-corrected chi connectivity index (χ4v) is 1.95. The van der Waals surface area contributed by atoms with Crippen LogP contribution in [0, 0.1) is 18.3 Å². The van der Waals surface area contributed by atoms with Gasteiger partial charge in [0.05, 0.1) is 18.7 Å². The van der Waals surface area contributed by atoms with Crippen molar-refractivity contribution in [2.24, 2.45) is 0 Å². The summed E-state index contributed by atoms with van der Waals surface area (Å²) in [6, 6.07) is 15.8. The largest absolute Gasteiger partial charge is 0.496 e. The van der Waals surface area contributed by atoms with Crippen molar-refractivity contribution in [1.82, 2.24) is 0 Å². The first-order valence-corrected chi connectivity index (χ1v) is 6.11. The lowest BCUT2D eigenvalue weighted by Gasteiger charge is -2.11. The highest BCUT2D eigenvalue weighted by Crippen LogP contribution is 2.20. The molecule has 0 spiro atoms. The van der Waals surface area contributed by atoms with Gasteiger partial charge in [0, 0.05) is 17.8 Å². The number of ether oxygens (including phenoxy) is 1. The van der Waals surface area contributed by atoms with Gasteiger partial charge in [-0.3, -0.25) is 0 Å². The predicted molar refractivity (Wildman–Crippen MR) is 76.2 cm³/mol. The molecule has 0 heterocycles. The molecule has 2 aromatic rings. The number of nitrogens with zero attached hydrogens (tertiary/aromatic N) is 1. The summed E-state index contributed by atoms with van der Waals surface area (Å²) in [4.78, 5) is 0. The fraction of sp³-hybridized carbons (Fsp3) is 0.188. The molecule has 0 aromatic heterocycles. The van der Waals surface area contributed by atoms with Gasteiger partial charge >= 0.3 is 0 Å². The Morgan fingerprint density at radius 3 is 2.68 bits per heavy atom. The molecular formula is C16H16N2O. The van der Waals surface area contributed by atoms with Crippen LogP contribution in [-0.2, 0) is 6.54 Å². The van der Waals surface area contributed by atoms with Gasteiger partial charge in [-0.2, -0.15) is 5.26 Å². The SMILES string of the molecule is COc1ccccc1CNc1ccc(C#N)c(C)c1. The van der Waals surface area contributed by atoms with Crippen LogP contribution in [0.1, 0.15) is 16.7 Å². The molecule has 19 heavy (non-hydrogen) atoms. The number of methoxy groups -OCH3 is 1. The Hall–Kier alpha value is -2.47. The molecule has 2 aromatic carbocycles. The van der Waals surface area contributed by atoms with Gasteiger partial charge in [-0.05, 0) is 36.8 Å². The Morgan fingerprint density at radius 1 is 1.21 bits per heavy atom. The predicted octanol–water partition coefficient (Wildman–Crippen LogP) is 3.49. The molecule has 1 N–H and O–H groups in total. The molecule has 0 atom stereocenters. The van der Waals surface area contributed by atoms with Gasteiger partial charge in [0.25, 0.3) is 0 Å². The first-order chi connectivity index (χ1) is 9.24. The van der Waals surface area contributed by atoms with Gasteiger partial charge in [0.1, 0.15) is 5.75 Å². The number of nitrogens with one attached hydrogen (secondary N) is 1. The van der Waals surface area contributed by atoms with Crippen molar-refractivity contribution in [1.29, 1.82) is 5.26 Å². The molecule has 0 saturated carbocycles. The second-order valence-corrected chi connectivity index (χ2v) is 4.31. The van der Waals surface area contributed by atoms with Crippen molar-refractivity contribution in [2.75, 3.05) is 12.4 Å². The molecular weight excluding hydrogens is 236 g/mol. The van der Waals surface area contributed by atoms with E-state index in [1.807, 2.05) is 49.4 Å². The van der Waals surface area contributed by atoms with E-state index in [1.54, 1.807) is 7.11 Å². The lowest BCUT2D eigenvalue weighted by atomic mass is 10.1. The zero-order valence-electron chi connectivity index (χ0n) is 11.1. The highest BCUT2D eigenvalue weighted by molar-refractivity contribution is 5.52. The molecule has 0 aliphatic rings. The van der Waals surface area contributed by atoms with Crippen LogP contribution in [0.3, 0.4) is 0 Å². The van der Waals surface area contributed by atoms with E-state index in [0.717, 1.165) is 22.6 Å². The second kappa shape index (κ2) is 5.92. The van der Waals surface area contributed by atoms with E-state index in [2.05, 4.69) is 11.4 Å². The summed E-state index contributed by atoms with van der Waals surface area (Å²) >= 11 is 0. The van der Waals surface area contributed by atoms with E-state index in [4.69, 9.17) is 10.00 Å². The fourth-order valence-electron chi connectivity index (χ4n) is 1.95. The molecule has 3 nitrogen and oxygen atoms in total. The molecule has 0 fully saturated rings. The molecule has 0 radical (unpaired) electrons. The summed E-state index contributed by atoms with van der Waals surface area (Å²) in [7, 11) is 1.67. The quantitative estimate of drug-likeness (QED) is 0.906. The molecule has 0 saturated heterocycles. The third kappa shape index (κ3) is 3.05. The van der Waals surface area contributed by atoms with Crippen molar-refractivity contribution in [3.8, 4) is 11.8 Å². The van der Waals surface area contributed by atoms with Gasteiger partial charge in [-0.25, -0.2) is 0 Å². The number of para-hydroxylation sites is 1. The number of benzene rings is 2. The molecule has 2 rings (SSSR count). The number of anilines is 1. The highest BCUT2D eigenvalue weighted by atomic mass is 16.5. The van der Waals surface area contributed by atoms with Gasteiger partial charge in [-0.15, -0.1) is 0 Å². The number of rotatable bonds is 4. The Bertz CT molecular complexity index is 614. The third-order valence-corrected chi connectivity index (χ3v) is 3.02. The van der Waals surface area contributed by atoms with Crippen LogP contribution in [0.5, 0.6) is 5.75 Å². The first kappa shape index (κ1) is 13.0. The van der Waals surface area contributed by atoms with E-state index in [9.17, 15) is 0 Å². The van der Waals surface area contributed by atoms with E-state index in [0.29, 0.717) is 12.1 Å². The molecule has 0 aliphatic heterocycles. The van der Waals surface area contributed by atoms with Gasteiger partial charge in [-0.1, -0.05) is 18.2 Å². The van der Waals surface area contributed by atoms with Crippen molar-refractivity contribution in [3.63, 3.8) is 0 Å². The maximum absolute atomic E-state index is 8.90. The number of aryl methyl sites for hydroxylation is 1. The van der Waals surface area contributed by atoms with E-state index < -0.39 is 0 Å². The molecule has 0 bridgehead atoms. The van der Waals surface area contributed by atoms with Crippen LogP contribution >= 0.6 is 0 Å². The van der Waals surface area contributed by atoms with Crippen molar-refractivity contribution >= 4 is 5.69 Å². The average molecular weight is 252 g/mol. The normalized spacial score (nSPS) is 9.74. The maximum Gasteiger partial charge on any atom is 0.123 e. The number of hydrogen-bond acceptors (Lipinski definition) is 3. The summed E-state index contributed by atoms with van der Waals surface area (Å²) in [5, 5.41) is 12.2. The van der Waals surface area contributed by atoms with Crippen LogP contribution in [0.2, 0.25) is 0 Å². The maximum atomic E-state index is 8.90. The van der Waals surface area contributed by atoms with Crippen LogP contribution in [-0.4, -0.2) is 7.11 Å². The molecule has 96 valence electrons. The topological polar surface area (TPSA) is 45.0 Å². The Balaban J connectivity index is 2.11. The molecule has 0 amide bonds. The van der Waals surface area contributed by atoms with Crippen molar-refractivity contribution < 1.29 is 4.74 Å². The van der Waals surface area contributed by atoms with Crippen LogP contribution in [0.4, 0.5) is 5.69 Å². The summed E-state index contributed by atoms with van der Waals surface area (Å²) < 4.78 is 5.31. The first-order valence-electron chi connectivity index (χ1n) is 6.11. The number of nitriles is 1. The molecule has 0 aliphatic carbocycles. The van der Waals surface area contributed by atoms with Crippen LogP contribution in [0.15, 0.2) is 42.5 Å². The Morgan fingerprint density at radius 2 is 2.00 bits per heavy atom. The lowest BCUT2D eigenvalue weighted by Crippen LogP contribution is -2.02. The summed E-state index contributed by atoms with van der Waals surface area (Å²) in [6.07, 6.45) is 0. The number of hydrogen-bond donors (Lipinski definition) is 1. The highest BCUT2D eigenvalue weighted by Gasteiger charge is 2.02. The van der Waals surface area contributed by atoms with Gasteiger partial charge < -0.3 is 10.1 Å². The minimum absolute atomic E-state index is 0.690. The zero-order valence-corrected chi connectivity index (χ0v) is 11.1. The van der Waals surface area contributed by atoms with Crippen LogP contribution in [0.25, 0.3) is 0 Å². The zero-order chi connectivity index (χ0) is 13.7. The standard InChI is InChI=1S/C16H16N2O/c1-12-9-15(8-7-13(12)10-17)18-11-14-5-3-4-6-16(14)19-2/h3-9,18H,11H2,1-2H3. The lowest BCUT2D eigenvalue weighted by molar-refractivity contribution is 0.410. The van der Waals surface area contributed by atoms with E-state index in [1.165, 1.54) is 0 Å². The van der Waals surface area contributed by atoms with Gasteiger partial charge in [0.15, 0.2) is 0 Å². The smallest absolute Gasteiger partial charge is 0.123 e. The van der Waals surface area contributed by atoms with Gasteiger partial charge in [0.2, 0.25) is 0 Å². The summed E-state index contributed by atoms with van der Waals surface area (Å²) in [5.74, 6) is 0.875. The minimum Gasteiger partial charge on any atom is -0.496 e. The monoisotopic (exact) mass is 252 g/mol. The Labute approximate surface area is 113 Å². The molecule has 3 heteroatoms. The summed E-state index contributed by atoms with van der Waals surface area (Å²) in [6.45, 7) is 2.63. The van der Waals surface area contributed by atoms with E-state index in [-0.39, 0.29) is 0 Å². The summed E-state index contributed by atoms with van der Waals surface area (Å²) in [5.41, 5.74) is 3.80. The van der Waals surface area contributed by atoms with Crippen LogP contribution < -0.4 is 10.1 Å². The van der Waals surface area contributed by atoms with E-state index >= 15 is 0 Å². The third-order valence-electron chi connectivity index (χ3n) is 3.02. The van der Waals surface area contributed by atoms with Crippen molar-refractivity contribution in [2.45, 2.75) is 13.5 Å². The second-order valence-electron chi connectivity index (χ2n) is 4.31. The van der Waals surface area contributed by atoms with Crippen molar-refractivity contribution in [3.05, 3.63) is 59.2 Å². The molecule has 0 unspecified atom stereocenters. The average Bonchev–Trinajstić information content (AvgIpc) is 2.45. The minimum atomic E-state index is 0.690. The Kier molecular flexibility index (Phi) is 4.04.